The second-order valence-electron chi connectivity index (χ2n) is 6.15. The van der Waals surface area contributed by atoms with Crippen molar-refractivity contribution in [3.63, 3.8) is 0 Å². The predicted octanol–water partition coefficient (Wildman–Crippen LogP) is 2.41. The van der Waals surface area contributed by atoms with Gasteiger partial charge in [-0.15, -0.1) is 0 Å². The number of carboxylic acid groups (broad SMARTS) is 2. The zero-order valence-corrected chi connectivity index (χ0v) is 16.1. The molecule has 8 nitrogen and oxygen atoms in total. The lowest BCUT2D eigenvalue weighted by molar-refractivity contribution is -0.149. The predicted molar refractivity (Wildman–Crippen MR) is 89.2 cm³/mol. The third-order valence-corrected chi connectivity index (χ3v) is 1.66. The minimum Gasteiger partial charge on any atom is -0.481 e. The molecule has 0 saturated carbocycles. The number of hydrogen-bond acceptors (Lipinski definition) is 6. The van der Waals surface area contributed by atoms with Crippen molar-refractivity contribution in [2.45, 2.75) is 48.5 Å². The van der Waals surface area contributed by atoms with Gasteiger partial charge in [-0.25, -0.2) is 4.79 Å². The van der Waals surface area contributed by atoms with Gasteiger partial charge >= 0.3 is 17.9 Å². The summed E-state index contributed by atoms with van der Waals surface area (Å²) in [5, 5.41) is 15.6. The third-order valence-electron chi connectivity index (χ3n) is 1.66. The molecule has 0 aromatic carbocycles. The molecule has 0 radical (unpaired) electrons. The number of carbonyl (C=O) groups excluding carboxylic acids is 2. The normalized spacial score (nSPS) is 9.38. The molecule has 0 saturated heterocycles. The largest absolute Gasteiger partial charge is 0.481 e. The number of rotatable bonds is 1. The molecule has 2 N–H and O–H groups in total. The van der Waals surface area contributed by atoms with Gasteiger partial charge in [-0.05, 0) is 34.6 Å². The van der Waals surface area contributed by atoms with Crippen LogP contribution >= 0.6 is 0 Å². The molecule has 0 aromatic heterocycles. The van der Waals surface area contributed by atoms with Crippen LogP contribution in [0.5, 0.6) is 0 Å². The van der Waals surface area contributed by atoms with E-state index < -0.39 is 17.4 Å². The molecule has 0 aliphatic carbocycles. The molecule has 0 heterocycles. The SMILES string of the molecule is CC(=O)O.COC(=O)C(C)(C)C.COC(C)=O.[CH2+]C(C)(C)C(=O)O. The van der Waals surface area contributed by atoms with Crippen molar-refractivity contribution < 1.29 is 38.9 Å². The first-order valence-corrected chi connectivity index (χ1v) is 6.84. The topological polar surface area (TPSA) is 127 Å². The van der Waals surface area contributed by atoms with E-state index in [0.29, 0.717) is 0 Å². The van der Waals surface area contributed by atoms with E-state index in [9.17, 15) is 14.4 Å². The first-order chi connectivity index (χ1) is 10.4. The van der Waals surface area contributed by atoms with E-state index in [2.05, 4.69) is 16.4 Å². The minimum absolute atomic E-state index is 0.169. The van der Waals surface area contributed by atoms with E-state index in [1.807, 2.05) is 20.8 Å². The molecule has 0 amide bonds. The standard InChI is InChI=1S/C6H12O2.C5H8O2.C3H6O2.C2H4O2/c1-6(2,3)5(7)8-4;1-5(2,3)4(6)7;1-3(4)5-2;1-2(3)4/h1-4H3;1H2,2-3H3;1-2H3;1H3,(H,3,4)/p+1. The van der Waals surface area contributed by atoms with Crippen LogP contribution in [0.15, 0.2) is 0 Å². The number of carbonyl (C=O) groups is 4. The molecule has 0 spiro atoms. The molecule has 0 atom stereocenters. The van der Waals surface area contributed by atoms with Crippen LogP contribution in [0.3, 0.4) is 0 Å². The molecule has 8 heteroatoms. The summed E-state index contributed by atoms with van der Waals surface area (Å²) in [6.45, 7) is 14.4. The summed E-state index contributed by atoms with van der Waals surface area (Å²) in [4.78, 5) is 39.2. The molecule has 0 rings (SSSR count). The quantitative estimate of drug-likeness (QED) is 0.544. The van der Waals surface area contributed by atoms with E-state index in [1.54, 1.807) is 13.8 Å². The lowest BCUT2D eigenvalue weighted by Crippen LogP contribution is -2.21. The third kappa shape index (κ3) is 36.7. The summed E-state index contributed by atoms with van der Waals surface area (Å²) in [6, 6.07) is 0. The van der Waals surface area contributed by atoms with E-state index in [0.717, 1.165) is 6.92 Å². The Bertz CT molecular complexity index is 382. The highest BCUT2D eigenvalue weighted by Gasteiger charge is 2.27. The van der Waals surface area contributed by atoms with Gasteiger partial charge in [0.2, 0.25) is 0 Å². The number of aliphatic carboxylic acids is 2. The summed E-state index contributed by atoms with van der Waals surface area (Å²) in [7, 11) is 2.75. The summed E-state index contributed by atoms with van der Waals surface area (Å²) in [5.74, 6) is -2.12. The monoisotopic (exact) mass is 351 g/mol. The van der Waals surface area contributed by atoms with Gasteiger partial charge in [0, 0.05) is 13.8 Å². The fourth-order valence-electron chi connectivity index (χ4n) is 0.306. The summed E-state index contributed by atoms with van der Waals surface area (Å²) < 4.78 is 8.59. The molecule has 0 aliphatic heterocycles. The first-order valence-electron chi connectivity index (χ1n) is 6.84. The molecule has 0 aliphatic rings. The average Bonchev–Trinajstić information content (AvgIpc) is 2.36. The van der Waals surface area contributed by atoms with Crippen molar-refractivity contribution in [3.05, 3.63) is 6.92 Å². The van der Waals surface area contributed by atoms with Crippen LogP contribution in [0.4, 0.5) is 0 Å². The molecular weight excluding hydrogens is 320 g/mol. The van der Waals surface area contributed by atoms with Crippen molar-refractivity contribution in [1.29, 1.82) is 0 Å². The second kappa shape index (κ2) is 14.3. The van der Waals surface area contributed by atoms with Crippen molar-refractivity contribution in [2.75, 3.05) is 14.2 Å². The van der Waals surface area contributed by atoms with Gasteiger partial charge in [0.1, 0.15) is 0 Å². The van der Waals surface area contributed by atoms with Crippen LogP contribution in [0.25, 0.3) is 0 Å². The van der Waals surface area contributed by atoms with Gasteiger partial charge in [0.25, 0.3) is 5.97 Å². The Hall–Kier alpha value is -2.25. The number of carboxylic acids is 2. The van der Waals surface area contributed by atoms with Gasteiger partial charge < -0.3 is 19.7 Å². The van der Waals surface area contributed by atoms with E-state index in [-0.39, 0.29) is 17.4 Å². The summed E-state index contributed by atoms with van der Waals surface area (Å²) in [5.41, 5.74) is -1.19. The maximum atomic E-state index is 10.6. The maximum Gasteiger partial charge on any atom is 0.354 e. The summed E-state index contributed by atoms with van der Waals surface area (Å²) in [6.07, 6.45) is 0. The van der Waals surface area contributed by atoms with Crippen molar-refractivity contribution in [2.24, 2.45) is 10.8 Å². The maximum absolute atomic E-state index is 10.6. The van der Waals surface area contributed by atoms with Crippen molar-refractivity contribution in [1.82, 2.24) is 0 Å². The van der Waals surface area contributed by atoms with Gasteiger partial charge in [-0.1, -0.05) is 0 Å². The van der Waals surface area contributed by atoms with Crippen molar-refractivity contribution >= 4 is 23.9 Å². The van der Waals surface area contributed by atoms with E-state index in [4.69, 9.17) is 15.0 Å². The first kappa shape index (κ1) is 29.7. The van der Waals surface area contributed by atoms with E-state index in [1.165, 1.54) is 21.1 Å². The Kier molecular flexibility index (Phi) is 17.8. The van der Waals surface area contributed by atoms with Crippen LogP contribution in [-0.2, 0) is 28.7 Å². The van der Waals surface area contributed by atoms with Crippen LogP contribution in [0.1, 0.15) is 48.5 Å². The molecule has 0 aromatic rings. The highest BCUT2D eigenvalue weighted by atomic mass is 16.5. The smallest absolute Gasteiger partial charge is 0.354 e. The fraction of sp³-hybridized carbons (Fsp3) is 0.688. The highest BCUT2D eigenvalue weighted by Crippen LogP contribution is 2.13. The van der Waals surface area contributed by atoms with Crippen LogP contribution in [-0.4, -0.2) is 48.3 Å². The molecule has 0 bridgehead atoms. The van der Waals surface area contributed by atoms with Gasteiger partial charge in [-0.2, -0.15) is 0 Å². The van der Waals surface area contributed by atoms with Gasteiger partial charge in [-0.3, -0.25) is 14.4 Å². The molecule has 0 fully saturated rings. The number of hydrogen-bond donors (Lipinski definition) is 2. The average molecular weight is 351 g/mol. The number of esters is 2. The summed E-state index contributed by atoms with van der Waals surface area (Å²) >= 11 is 0. The molecule has 24 heavy (non-hydrogen) atoms. The Morgan fingerprint density at radius 1 is 0.833 bits per heavy atom. The number of methoxy groups -OCH3 is 2. The van der Waals surface area contributed by atoms with Crippen molar-refractivity contribution in [3.8, 4) is 0 Å². The lowest BCUT2D eigenvalue weighted by atomic mass is 9.98. The zero-order valence-electron chi connectivity index (χ0n) is 16.1. The van der Waals surface area contributed by atoms with E-state index >= 15 is 0 Å². The van der Waals surface area contributed by atoms with Crippen LogP contribution in [0.2, 0.25) is 0 Å². The Morgan fingerprint density at radius 2 is 1.04 bits per heavy atom. The Balaban J connectivity index is -0.000000115. The van der Waals surface area contributed by atoms with Crippen LogP contribution < -0.4 is 0 Å². The Labute approximate surface area is 144 Å². The highest BCUT2D eigenvalue weighted by molar-refractivity contribution is 5.75. The second-order valence-corrected chi connectivity index (χ2v) is 6.15. The Morgan fingerprint density at radius 3 is 1.04 bits per heavy atom. The molecule has 0 unspecified atom stereocenters. The zero-order chi connectivity index (χ0) is 20.7. The van der Waals surface area contributed by atoms with Crippen LogP contribution in [0, 0.1) is 17.8 Å². The molecular formula is C16H31O8+. The van der Waals surface area contributed by atoms with Gasteiger partial charge in [0.05, 0.1) is 26.6 Å². The number of ether oxygens (including phenoxy) is 2. The van der Waals surface area contributed by atoms with Gasteiger partial charge in [0.15, 0.2) is 5.41 Å². The minimum atomic E-state index is -0.868. The fourth-order valence-corrected chi connectivity index (χ4v) is 0.306. The lowest BCUT2D eigenvalue weighted by Gasteiger charge is -2.13. The molecule has 142 valence electrons.